The van der Waals surface area contributed by atoms with E-state index in [-0.39, 0.29) is 18.0 Å². The first kappa shape index (κ1) is 23.4. The van der Waals surface area contributed by atoms with Crippen molar-refractivity contribution < 1.29 is 14.8 Å². The summed E-state index contributed by atoms with van der Waals surface area (Å²) >= 11 is 0. The molecule has 33 heavy (non-hydrogen) atoms. The Kier molecular flexibility index (Phi) is 7.42. The van der Waals surface area contributed by atoms with Crippen LogP contribution in [0, 0.1) is 0 Å². The summed E-state index contributed by atoms with van der Waals surface area (Å²) in [6.07, 6.45) is 2.53. The predicted molar refractivity (Wildman–Crippen MR) is 127 cm³/mol. The molecule has 0 bridgehead atoms. The molecule has 0 aromatic heterocycles. The first-order valence-electron chi connectivity index (χ1n) is 11.8. The van der Waals surface area contributed by atoms with Gasteiger partial charge in [0.15, 0.2) is 0 Å². The molecule has 2 atom stereocenters. The fourth-order valence-corrected chi connectivity index (χ4v) is 5.20. The van der Waals surface area contributed by atoms with E-state index in [1.165, 1.54) is 18.4 Å². The topological polar surface area (TPSA) is 76.1 Å². The van der Waals surface area contributed by atoms with Gasteiger partial charge in [-0.2, -0.15) is 0 Å². The molecule has 176 valence electrons. The Morgan fingerprint density at radius 3 is 2.15 bits per heavy atom. The lowest BCUT2D eigenvalue weighted by molar-refractivity contribution is 0.0268. The average Bonchev–Trinajstić information content (AvgIpc) is 3.32. The number of rotatable bonds is 6. The Bertz CT molecular complexity index is 960. The number of benzene rings is 2. The standard InChI is InChI=1S/C26H34N4O3/c1-19-15-29(17-21-8-10-23(11-9-21)25(31)27-33)16-20(2)30(19)26(32)24-7-5-6-22(14-24)18-28-12-3-4-13-28/h5-11,14,19-20,33H,3-4,12-13,15-18H2,1-2H3,(H,27,31). The van der Waals surface area contributed by atoms with E-state index in [1.54, 1.807) is 17.6 Å². The molecule has 0 radical (unpaired) electrons. The summed E-state index contributed by atoms with van der Waals surface area (Å²) < 4.78 is 0. The molecule has 2 heterocycles. The summed E-state index contributed by atoms with van der Waals surface area (Å²) in [5.41, 5.74) is 5.15. The lowest BCUT2D eigenvalue weighted by Gasteiger charge is -2.44. The maximum atomic E-state index is 13.4. The summed E-state index contributed by atoms with van der Waals surface area (Å²) in [6, 6.07) is 15.6. The minimum atomic E-state index is -0.513. The number of piperazine rings is 1. The number of likely N-dealkylation sites (tertiary alicyclic amines) is 1. The smallest absolute Gasteiger partial charge is 0.274 e. The molecule has 2 unspecified atom stereocenters. The van der Waals surface area contributed by atoms with Crippen LogP contribution in [-0.2, 0) is 13.1 Å². The van der Waals surface area contributed by atoms with Gasteiger partial charge in [0.2, 0.25) is 0 Å². The highest BCUT2D eigenvalue weighted by atomic mass is 16.5. The number of hydrogen-bond donors (Lipinski definition) is 2. The largest absolute Gasteiger partial charge is 0.331 e. The first-order valence-corrected chi connectivity index (χ1v) is 11.8. The molecular formula is C26H34N4O3. The van der Waals surface area contributed by atoms with Gasteiger partial charge in [0.1, 0.15) is 0 Å². The van der Waals surface area contributed by atoms with Gasteiger partial charge in [0.05, 0.1) is 0 Å². The number of nitrogens with zero attached hydrogens (tertiary/aromatic N) is 3. The summed E-state index contributed by atoms with van der Waals surface area (Å²) in [7, 11) is 0. The van der Waals surface area contributed by atoms with Crippen LogP contribution in [0.25, 0.3) is 0 Å². The zero-order valence-corrected chi connectivity index (χ0v) is 19.5. The first-order chi connectivity index (χ1) is 15.9. The number of nitrogens with one attached hydrogen (secondary N) is 1. The average molecular weight is 451 g/mol. The molecule has 7 nitrogen and oxygen atoms in total. The van der Waals surface area contributed by atoms with E-state index in [4.69, 9.17) is 5.21 Å². The van der Waals surface area contributed by atoms with Gasteiger partial charge in [-0.15, -0.1) is 0 Å². The molecule has 2 aliphatic heterocycles. The van der Waals surface area contributed by atoms with Crippen molar-refractivity contribution >= 4 is 11.8 Å². The summed E-state index contributed by atoms with van der Waals surface area (Å²) in [5.74, 6) is -0.405. The van der Waals surface area contributed by atoms with E-state index in [2.05, 4.69) is 35.8 Å². The molecule has 2 amide bonds. The van der Waals surface area contributed by atoms with Crippen LogP contribution in [0.5, 0.6) is 0 Å². The molecule has 0 saturated carbocycles. The van der Waals surface area contributed by atoms with E-state index in [0.717, 1.165) is 50.4 Å². The highest BCUT2D eigenvalue weighted by Gasteiger charge is 2.33. The Morgan fingerprint density at radius 1 is 0.879 bits per heavy atom. The van der Waals surface area contributed by atoms with E-state index in [1.807, 2.05) is 29.2 Å². The molecule has 7 heteroatoms. The number of carbonyl (C=O) groups excluding carboxylic acids is 2. The Morgan fingerprint density at radius 2 is 1.52 bits per heavy atom. The molecule has 2 aromatic carbocycles. The van der Waals surface area contributed by atoms with Gasteiger partial charge in [-0.1, -0.05) is 24.3 Å². The summed E-state index contributed by atoms with van der Waals surface area (Å²) in [6.45, 7) is 9.77. The lowest BCUT2D eigenvalue weighted by atomic mass is 10.0. The van der Waals surface area contributed by atoms with Gasteiger partial charge < -0.3 is 4.90 Å². The van der Waals surface area contributed by atoms with E-state index in [9.17, 15) is 9.59 Å². The Hall–Kier alpha value is -2.74. The predicted octanol–water partition coefficient (Wildman–Crippen LogP) is 3.14. The third kappa shape index (κ3) is 5.61. The molecule has 2 fully saturated rings. The number of amides is 2. The normalized spacial score (nSPS) is 21.8. The van der Waals surface area contributed by atoms with E-state index in [0.29, 0.717) is 5.56 Å². The number of hydrogen-bond acceptors (Lipinski definition) is 5. The third-order valence-corrected chi connectivity index (χ3v) is 6.73. The van der Waals surface area contributed by atoms with Crippen molar-refractivity contribution in [1.29, 1.82) is 0 Å². The zero-order chi connectivity index (χ0) is 23.4. The molecular weight excluding hydrogens is 416 g/mol. The van der Waals surface area contributed by atoms with Crippen LogP contribution >= 0.6 is 0 Å². The number of carbonyl (C=O) groups is 2. The van der Waals surface area contributed by atoms with Gasteiger partial charge in [-0.3, -0.25) is 24.6 Å². The van der Waals surface area contributed by atoms with Crippen LogP contribution < -0.4 is 5.48 Å². The van der Waals surface area contributed by atoms with Gasteiger partial charge in [-0.25, -0.2) is 5.48 Å². The number of hydroxylamine groups is 1. The minimum Gasteiger partial charge on any atom is -0.331 e. The molecule has 4 rings (SSSR count). The monoisotopic (exact) mass is 450 g/mol. The molecule has 2 saturated heterocycles. The van der Waals surface area contributed by atoms with Crippen molar-refractivity contribution in [3.8, 4) is 0 Å². The molecule has 0 aliphatic carbocycles. The second-order valence-corrected chi connectivity index (χ2v) is 9.43. The zero-order valence-electron chi connectivity index (χ0n) is 19.5. The van der Waals surface area contributed by atoms with Crippen LogP contribution in [0.4, 0.5) is 0 Å². The fourth-order valence-electron chi connectivity index (χ4n) is 5.20. The molecule has 2 N–H and O–H groups in total. The third-order valence-electron chi connectivity index (χ3n) is 6.73. The van der Waals surface area contributed by atoms with Crippen molar-refractivity contribution in [2.75, 3.05) is 26.2 Å². The second-order valence-electron chi connectivity index (χ2n) is 9.43. The SMILES string of the molecule is CC1CN(Cc2ccc(C(=O)NO)cc2)CC(C)N1C(=O)c1cccc(CN2CCCC2)c1. The quantitative estimate of drug-likeness (QED) is 0.522. The van der Waals surface area contributed by atoms with Crippen LogP contribution in [0.15, 0.2) is 48.5 Å². The van der Waals surface area contributed by atoms with Crippen molar-refractivity contribution in [3.05, 3.63) is 70.8 Å². The van der Waals surface area contributed by atoms with E-state index < -0.39 is 5.91 Å². The fraction of sp³-hybridized carbons (Fsp3) is 0.462. The van der Waals surface area contributed by atoms with Gasteiger partial charge in [-0.05, 0) is 75.2 Å². The Labute approximate surface area is 195 Å². The highest BCUT2D eigenvalue weighted by molar-refractivity contribution is 5.95. The van der Waals surface area contributed by atoms with Gasteiger partial charge in [0.25, 0.3) is 11.8 Å². The molecule has 2 aromatic rings. The minimum absolute atomic E-state index is 0.0999. The second kappa shape index (κ2) is 10.5. The maximum absolute atomic E-state index is 13.4. The van der Waals surface area contributed by atoms with Crippen molar-refractivity contribution in [2.45, 2.75) is 51.9 Å². The van der Waals surface area contributed by atoms with Crippen molar-refractivity contribution in [2.24, 2.45) is 0 Å². The molecule has 0 spiro atoms. The van der Waals surface area contributed by atoms with Crippen LogP contribution in [0.1, 0.15) is 58.5 Å². The Balaban J connectivity index is 1.38. The van der Waals surface area contributed by atoms with Crippen LogP contribution in [0.3, 0.4) is 0 Å². The van der Waals surface area contributed by atoms with Gasteiger partial charge >= 0.3 is 0 Å². The van der Waals surface area contributed by atoms with Gasteiger partial charge in [0, 0.05) is 49.4 Å². The maximum Gasteiger partial charge on any atom is 0.274 e. The molecule has 2 aliphatic rings. The van der Waals surface area contributed by atoms with Crippen molar-refractivity contribution in [3.63, 3.8) is 0 Å². The lowest BCUT2D eigenvalue weighted by Crippen LogP contribution is -2.58. The van der Waals surface area contributed by atoms with Crippen molar-refractivity contribution in [1.82, 2.24) is 20.2 Å². The highest BCUT2D eigenvalue weighted by Crippen LogP contribution is 2.22. The van der Waals surface area contributed by atoms with Crippen LogP contribution in [0.2, 0.25) is 0 Å². The van der Waals surface area contributed by atoms with E-state index >= 15 is 0 Å². The van der Waals surface area contributed by atoms with Crippen LogP contribution in [-0.4, -0.2) is 70.0 Å². The summed E-state index contributed by atoms with van der Waals surface area (Å²) in [4.78, 5) is 31.8. The summed E-state index contributed by atoms with van der Waals surface area (Å²) in [5, 5.41) is 8.77.